The van der Waals surface area contributed by atoms with E-state index in [0.29, 0.717) is 11.6 Å². The standard InChI is InChI=1S/C22H35N3O3/c1-18(2)16-23-9-11-24(12-10-23)20-4-14-28-22(15-20)5-7-25(8-6-22)21(26)19-3-13-27-17-19/h3,13,17-18,20H,4-12,14-16H2,1-2H3. The van der Waals surface area contributed by atoms with Gasteiger partial charge in [0.25, 0.3) is 5.91 Å². The molecule has 4 heterocycles. The Bertz CT molecular complexity index is 629. The average Bonchev–Trinajstić information content (AvgIpc) is 3.23. The monoisotopic (exact) mass is 389 g/mol. The molecule has 6 nitrogen and oxygen atoms in total. The quantitative estimate of drug-likeness (QED) is 0.792. The lowest BCUT2D eigenvalue weighted by Crippen LogP contribution is -2.57. The van der Waals surface area contributed by atoms with E-state index in [1.807, 2.05) is 4.90 Å². The van der Waals surface area contributed by atoms with Crippen molar-refractivity contribution in [1.29, 1.82) is 0 Å². The summed E-state index contributed by atoms with van der Waals surface area (Å²) in [7, 11) is 0. The Morgan fingerprint density at radius 1 is 1.18 bits per heavy atom. The number of hydrogen-bond acceptors (Lipinski definition) is 5. The number of carbonyl (C=O) groups excluding carboxylic acids is 1. The molecule has 1 unspecified atom stereocenters. The molecule has 0 radical (unpaired) electrons. The molecule has 0 bridgehead atoms. The number of piperidine rings is 1. The third-order valence-corrected chi connectivity index (χ3v) is 6.74. The van der Waals surface area contributed by atoms with Crippen LogP contribution in [0.25, 0.3) is 0 Å². The molecule has 1 amide bonds. The molecule has 3 fully saturated rings. The van der Waals surface area contributed by atoms with E-state index in [4.69, 9.17) is 9.15 Å². The van der Waals surface area contributed by atoms with Crippen molar-refractivity contribution in [2.24, 2.45) is 5.92 Å². The van der Waals surface area contributed by atoms with Gasteiger partial charge in [-0.05, 0) is 37.7 Å². The van der Waals surface area contributed by atoms with Crippen molar-refractivity contribution >= 4 is 5.91 Å². The van der Waals surface area contributed by atoms with Gasteiger partial charge in [-0.25, -0.2) is 0 Å². The molecular formula is C22H35N3O3. The molecule has 1 aromatic heterocycles. The van der Waals surface area contributed by atoms with E-state index >= 15 is 0 Å². The Balaban J connectivity index is 1.29. The highest BCUT2D eigenvalue weighted by Crippen LogP contribution is 2.37. The van der Waals surface area contributed by atoms with Crippen molar-refractivity contribution in [3.8, 4) is 0 Å². The minimum Gasteiger partial charge on any atom is -0.472 e. The summed E-state index contributed by atoms with van der Waals surface area (Å²) in [6.45, 7) is 13.0. The number of amides is 1. The highest BCUT2D eigenvalue weighted by atomic mass is 16.5. The van der Waals surface area contributed by atoms with Crippen molar-refractivity contribution in [2.75, 3.05) is 52.4 Å². The molecule has 3 aliphatic rings. The van der Waals surface area contributed by atoms with Gasteiger partial charge in [-0.2, -0.15) is 0 Å². The average molecular weight is 390 g/mol. The summed E-state index contributed by atoms with van der Waals surface area (Å²) >= 11 is 0. The number of nitrogens with zero attached hydrogens (tertiary/aromatic N) is 3. The summed E-state index contributed by atoms with van der Waals surface area (Å²) in [6, 6.07) is 2.38. The van der Waals surface area contributed by atoms with Gasteiger partial charge < -0.3 is 19.0 Å². The topological polar surface area (TPSA) is 49.2 Å². The first-order valence-corrected chi connectivity index (χ1v) is 11.0. The Morgan fingerprint density at radius 3 is 2.57 bits per heavy atom. The fourth-order valence-electron chi connectivity index (χ4n) is 5.18. The minimum atomic E-state index is -0.0365. The highest BCUT2D eigenvalue weighted by Gasteiger charge is 2.43. The number of furan rings is 1. The molecule has 0 saturated carbocycles. The molecule has 4 rings (SSSR count). The van der Waals surface area contributed by atoms with Crippen LogP contribution < -0.4 is 0 Å². The number of ether oxygens (including phenoxy) is 1. The van der Waals surface area contributed by atoms with Crippen molar-refractivity contribution in [3.63, 3.8) is 0 Å². The lowest BCUT2D eigenvalue weighted by molar-refractivity contribution is -0.132. The zero-order valence-electron chi connectivity index (χ0n) is 17.4. The molecule has 1 atom stereocenters. The summed E-state index contributed by atoms with van der Waals surface area (Å²) in [5.41, 5.74) is 0.614. The van der Waals surface area contributed by atoms with Crippen LogP contribution in [0.1, 0.15) is 49.9 Å². The van der Waals surface area contributed by atoms with Crippen LogP contribution >= 0.6 is 0 Å². The predicted molar refractivity (Wildman–Crippen MR) is 108 cm³/mol. The van der Waals surface area contributed by atoms with Gasteiger partial charge in [-0.3, -0.25) is 9.69 Å². The van der Waals surface area contributed by atoms with Crippen LogP contribution in [0.4, 0.5) is 0 Å². The Kier molecular flexibility index (Phi) is 6.09. The lowest BCUT2D eigenvalue weighted by Gasteiger charge is -2.49. The summed E-state index contributed by atoms with van der Waals surface area (Å²) in [6.07, 6.45) is 7.25. The molecule has 0 aromatic carbocycles. The van der Waals surface area contributed by atoms with E-state index in [1.54, 1.807) is 18.6 Å². The van der Waals surface area contributed by atoms with Crippen LogP contribution in [-0.2, 0) is 4.74 Å². The van der Waals surface area contributed by atoms with Gasteiger partial charge in [0, 0.05) is 58.5 Å². The fourth-order valence-corrected chi connectivity index (χ4v) is 5.18. The molecule has 28 heavy (non-hydrogen) atoms. The number of carbonyl (C=O) groups is 1. The van der Waals surface area contributed by atoms with Crippen molar-refractivity contribution < 1.29 is 13.9 Å². The van der Waals surface area contributed by atoms with Crippen LogP contribution in [0.2, 0.25) is 0 Å². The largest absolute Gasteiger partial charge is 0.472 e. The van der Waals surface area contributed by atoms with Crippen molar-refractivity contribution in [2.45, 2.75) is 51.2 Å². The van der Waals surface area contributed by atoms with Crippen molar-refractivity contribution in [1.82, 2.24) is 14.7 Å². The maximum atomic E-state index is 12.6. The molecule has 1 aromatic rings. The van der Waals surface area contributed by atoms with Gasteiger partial charge in [0.05, 0.1) is 17.4 Å². The Labute approximate surface area is 168 Å². The van der Waals surface area contributed by atoms with E-state index in [9.17, 15) is 4.79 Å². The van der Waals surface area contributed by atoms with E-state index in [1.165, 1.54) is 32.7 Å². The molecule has 3 saturated heterocycles. The minimum absolute atomic E-state index is 0.0365. The lowest BCUT2D eigenvalue weighted by atomic mass is 9.81. The maximum absolute atomic E-state index is 12.6. The molecular weight excluding hydrogens is 354 g/mol. The second kappa shape index (κ2) is 8.56. The van der Waals surface area contributed by atoms with Crippen molar-refractivity contribution in [3.05, 3.63) is 24.2 Å². The molecule has 1 spiro atoms. The second-order valence-electron chi connectivity index (χ2n) is 9.21. The molecule has 0 N–H and O–H groups in total. The van der Waals surface area contributed by atoms with E-state index < -0.39 is 0 Å². The maximum Gasteiger partial charge on any atom is 0.257 e. The Hall–Kier alpha value is -1.37. The summed E-state index contributed by atoms with van der Waals surface area (Å²) < 4.78 is 11.4. The number of rotatable bonds is 4. The highest BCUT2D eigenvalue weighted by molar-refractivity contribution is 5.93. The van der Waals surface area contributed by atoms with Gasteiger partial charge in [0.1, 0.15) is 6.26 Å². The van der Waals surface area contributed by atoms with Crippen LogP contribution in [0.3, 0.4) is 0 Å². The first-order valence-electron chi connectivity index (χ1n) is 11.0. The van der Waals surface area contributed by atoms with Gasteiger partial charge in [-0.1, -0.05) is 13.8 Å². The molecule has 3 aliphatic heterocycles. The summed E-state index contributed by atoms with van der Waals surface area (Å²) in [5, 5.41) is 0. The third kappa shape index (κ3) is 4.44. The van der Waals surface area contributed by atoms with Crippen LogP contribution in [0, 0.1) is 5.92 Å². The molecule has 156 valence electrons. The Morgan fingerprint density at radius 2 is 1.93 bits per heavy atom. The smallest absolute Gasteiger partial charge is 0.257 e. The summed E-state index contributed by atoms with van der Waals surface area (Å²) in [4.78, 5) is 19.8. The second-order valence-corrected chi connectivity index (χ2v) is 9.21. The number of likely N-dealkylation sites (tertiary alicyclic amines) is 1. The van der Waals surface area contributed by atoms with E-state index in [2.05, 4.69) is 23.6 Å². The van der Waals surface area contributed by atoms with Gasteiger partial charge in [-0.15, -0.1) is 0 Å². The van der Waals surface area contributed by atoms with Gasteiger partial charge in [0.15, 0.2) is 0 Å². The number of piperazine rings is 1. The zero-order chi connectivity index (χ0) is 19.6. The molecule has 0 aliphatic carbocycles. The van der Waals surface area contributed by atoms with Gasteiger partial charge >= 0.3 is 0 Å². The zero-order valence-corrected chi connectivity index (χ0v) is 17.4. The predicted octanol–water partition coefficient (Wildman–Crippen LogP) is 2.71. The third-order valence-electron chi connectivity index (χ3n) is 6.74. The van der Waals surface area contributed by atoms with Crippen LogP contribution in [0.15, 0.2) is 23.0 Å². The van der Waals surface area contributed by atoms with E-state index in [-0.39, 0.29) is 11.5 Å². The van der Waals surface area contributed by atoms with Crippen LogP contribution in [-0.4, -0.2) is 84.7 Å². The van der Waals surface area contributed by atoms with Crippen LogP contribution in [0.5, 0.6) is 0 Å². The summed E-state index contributed by atoms with van der Waals surface area (Å²) in [5.74, 6) is 0.824. The number of hydrogen-bond donors (Lipinski definition) is 0. The van der Waals surface area contributed by atoms with E-state index in [0.717, 1.165) is 51.3 Å². The first-order chi connectivity index (χ1) is 13.5. The normalized spacial score (nSPS) is 26.8. The SMILES string of the molecule is CC(C)CN1CCN(C2CCOC3(CCN(C(=O)c4ccoc4)CC3)C2)CC1. The fraction of sp³-hybridized carbons (Fsp3) is 0.773. The van der Waals surface area contributed by atoms with Gasteiger partial charge in [0.2, 0.25) is 0 Å². The molecule has 6 heteroatoms. The first kappa shape index (κ1) is 19.9.